The molecule has 0 atom stereocenters. The second-order valence-electron chi connectivity index (χ2n) is 6.69. The van der Waals surface area contributed by atoms with Crippen molar-refractivity contribution in [1.82, 2.24) is 9.80 Å². The molecule has 6 nitrogen and oxygen atoms in total. The van der Waals surface area contributed by atoms with Crippen molar-refractivity contribution < 1.29 is 19.2 Å². The summed E-state index contributed by atoms with van der Waals surface area (Å²) in [4.78, 5) is 30.8. The summed E-state index contributed by atoms with van der Waals surface area (Å²) < 4.78 is 5.15. The number of carbonyl (C=O) groups is 2. The molecule has 2 aliphatic heterocycles. The average Bonchev–Trinajstić information content (AvgIpc) is 2.94. The molecule has 0 saturated carbocycles. The Hall–Kier alpha value is -1.90. The van der Waals surface area contributed by atoms with E-state index < -0.39 is 0 Å². The number of rotatable bonds is 5. The van der Waals surface area contributed by atoms with Crippen LogP contribution in [0, 0.1) is 0 Å². The van der Waals surface area contributed by atoms with Gasteiger partial charge in [0.05, 0.1) is 45.2 Å². The fourth-order valence-electron chi connectivity index (χ4n) is 3.05. The molecule has 0 radical (unpaired) electrons. The Morgan fingerprint density at radius 1 is 1.30 bits per heavy atom. The van der Waals surface area contributed by atoms with Crippen LogP contribution in [-0.2, 0) is 4.79 Å². The van der Waals surface area contributed by atoms with E-state index >= 15 is 0 Å². The Labute approximate surface area is 169 Å². The predicted molar refractivity (Wildman–Crippen MR) is 111 cm³/mol. The molecule has 2 fully saturated rings. The van der Waals surface area contributed by atoms with Crippen molar-refractivity contribution in [2.45, 2.75) is 6.42 Å². The summed E-state index contributed by atoms with van der Waals surface area (Å²) in [5.41, 5.74) is 0.950. The Balaban J connectivity index is 1.58. The van der Waals surface area contributed by atoms with Gasteiger partial charge in [-0.1, -0.05) is 24.4 Å². The molecule has 0 unspecified atom stereocenters. The van der Waals surface area contributed by atoms with Crippen LogP contribution in [0.1, 0.15) is 12.0 Å². The molecule has 2 saturated heterocycles. The molecule has 144 valence electrons. The summed E-state index contributed by atoms with van der Waals surface area (Å²) in [6.45, 7) is 3.83. The molecule has 1 N–H and O–H groups in total. The van der Waals surface area contributed by atoms with Crippen LogP contribution in [0.4, 0.5) is 4.79 Å². The normalized spacial score (nSPS) is 19.9. The third-order valence-electron chi connectivity index (χ3n) is 4.81. The van der Waals surface area contributed by atoms with Crippen molar-refractivity contribution in [3.63, 3.8) is 0 Å². The maximum atomic E-state index is 12.4. The number of hydrogen-bond acceptors (Lipinski definition) is 5. The standard InChI is InChI=1S/C19H23N3O3S2/c1-20-9-11-21(12-10-20)17(23)7-8-22-18(26)16(27-19(22)24)13-14-3-5-15(25-2)6-4-14/h3-6,13H,7-12H2,1-2H3/p+1/b16-13+. The molecule has 2 amide bonds. The minimum absolute atomic E-state index is 0.0932. The van der Waals surface area contributed by atoms with Crippen LogP contribution in [-0.4, -0.2) is 72.8 Å². The molecule has 0 aliphatic carbocycles. The number of thiocarbonyl (C=S) groups is 1. The molecule has 1 aromatic carbocycles. The number of piperazine rings is 1. The van der Waals surface area contributed by atoms with Crippen molar-refractivity contribution in [3.8, 4) is 5.75 Å². The Morgan fingerprint density at radius 3 is 2.59 bits per heavy atom. The number of carbonyl (C=O) groups excluding carboxylic acids is 2. The first-order valence-electron chi connectivity index (χ1n) is 8.96. The maximum Gasteiger partial charge on any atom is 0.291 e. The van der Waals surface area contributed by atoms with E-state index in [2.05, 4.69) is 7.05 Å². The first-order valence-corrected chi connectivity index (χ1v) is 10.2. The third-order valence-corrected chi connectivity index (χ3v) is 6.30. The highest BCUT2D eigenvalue weighted by atomic mass is 32.2. The van der Waals surface area contributed by atoms with E-state index in [0.29, 0.717) is 18.0 Å². The van der Waals surface area contributed by atoms with E-state index in [1.54, 1.807) is 7.11 Å². The molecule has 8 heteroatoms. The highest BCUT2D eigenvalue weighted by molar-refractivity contribution is 8.19. The van der Waals surface area contributed by atoms with Crippen molar-refractivity contribution >= 4 is 46.2 Å². The van der Waals surface area contributed by atoms with Crippen LogP contribution in [0.2, 0.25) is 0 Å². The van der Waals surface area contributed by atoms with Crippen LogP contribution >= 0.6 is 24.0 Å². The van der Waals surface area contributed by atoms with Gasteiger partial charge in [-0.15, -0.1) is 0 Å². The zero-order valence-corrected chi connectivity index (χ0v) is 17.2. The van der Waals surface area contributed by atoms with Gasteiger partial charge in [0.15, 0.2) is 0 Å². The van der Waals surface area contributed by atoms with Crippen molar-refractivity contribution in [2.24, 2.45) is 0 Å². The van der Waals surface area contributed by atoms with E-state index in [0.717, 1.165) is 54.2 Å². The number of thioether (sulfide) groups is 1. The number of amides is 2. The van der Waals surface area contributed by atoms with Gasteiger partial charge in [0.25, 0.3) is 5.24 Å². The van der Waals surface area contributed by atoms with E-state index in [4.69, 9.17) is 17.0 Å². The van der Waals surface area contributed by atoms with Crippen LogP contribution in [0.3, 0.4) is 0 Å². The second-order valence-corrected chi connectivity index (χ2v) is 8.07. The number of hydrogen-bond donors (Lipinski definition) is 1. The fraction of sp³-hybridized carbons (Fsp3) is 0.421. The van der Waals surface area contributed by atoms with Crippen LogP contribution < -0.4 is 9.64 Å². The van der Waals surface area contributed by atoms with Crippen LogP contribution in [0.5, 0.6) is 5.75 Å². The lowest BCUT2D eigenvalue weighted by Crippen LogP contribution is -3.12. The molecule has 2 heterocycles. The summed E-state index contributed by atoms with van der Waals surface area (Å²) in [6.07, 6.45) is 2.21. The molecule has 27 heavy (non-hydrogen) atoms. The molecule has 0 spiro atoms. The molecular weight excluding hydrogens is 382 g/mol. The molecule has 0 aromatic heterocycles. The third kappa shape index (κ3) is 4.88. The zero-order chi connectivity index (χ0) is 19.4. The summed E-state index contributed by atoms with van der Waals surface area (Å²) >= 11 is 6.60. The summed E-state index contributed by atoms with van der Waals surface area (Å²) in [5, 5.41) is -0.115. The quantitative estimate of drug-likeness (QED) is 0.590. The van der Waals surface area contributed by atoms with Crippen LogP contribution in [0.15, 0.2) is 29.2 Å². The van der Waals surface area contributed by atoms with E-state index in [1.807, 2.05) is 35.2 Å². The highest BCUT2D eigenvalue weighted by Crippen LogP contribution is 2.33. The molecular formula is C19H24N3O3S2+. The molecule has 3 rings (SSSR count). The number of methoxy groups -OCH3 is 1. The number of ether oxygens (including phenoxy) is 1. The lowest BCUT2D eigenvalue weighted by Gasteiger charge is -2.30. The van der Waals surface area contributed by atoms with Gasteiger partial charge in [0.1, 0.15) is 10.7 Å². The Bertz CT molecular complexity index is 756. The van der Waals surface area contributed by atoms with Crippen LogP contribution in [0.25, 0.3) is 6.08 Å². The topological polar surface area (TPSA) is 54.3 Å². The average molecular weight is 407 g/mol. The van der Waals surface area contributed by atoms with Crippen molar-refractivity contribution in [1.29, 1.82) is 0 Å². The molecule has 2 aliphatic rings. The minimum atomic E-state index is -0.115. The van der Waals surface area contributed by atoms with Gasteiger partial charge in [-0.25, -0.2) is 0 Å². The molecule has 1 aromatic rings. The largest absolute Gasteiger partial charge is 0.497 e. The first kappa shape index (κ1) is 19.9. The van der Waals surface area contributed by atoms with E-state index in [-0.39, 0.29) is 11.1 Å². The minimum Gasteiger partial charge on any atom is -0.497 e. The lowest BCUT2D eigenvalue weighted by atomic mass is 10.2. The number of nitrogens with one attached hydrogen (secondary N) is 1. The van der Waals surface area contributed by atoms with Gasteiger partial charge in [-0.3, -0.25) is 14.5 Å². The Morgan fingerprint density at radius 2 is 1.96 bits per heavy atom. The van der Waals surface area contributed by atoms with Gasteiger partial charge in [0.2, 0.25) is 5.91 Å². The van der Waals surface area contributed by atoms with E-state index in [9.17, 15) is 9.59 Å². The van der Waals surface area contributed by atoms with Crippen molar-refractivity contribution in [2.75, 3.05) is 46.9 Å². The smallest absolute Gasteiger partial charge is 0.291 e. The molecule has 0 bridgehead atoms. The van der Waals surface area contributed by atoms with Crippen molar-refractivity contribution in [3.05, 3.63) is 34.7 Å². The second kappa shape index (κ2) is 8.86. The number of benzene rings is 1. The van der Waals surface area contributed by atoms with Gasteiger partial charge in [0, 0.05) is 13.0 Å². The van der Waals surface area contributed by atoms with Gasteiger partial charge >= 0.3 is 0 Å². The summed E-state index contributed by atoms with van der Waals surface area (Å²) in [6, 6.07) is 7.57. The Kier molecular flexibility index (Phi) is 6.51. The first-order chi connectivity index (χ1) is 13.0. The van der Waals surface area contributed by atoms with Gasteiger partial charge < -0.3 is 14.5 Å². The number of quaternary nitrogens is 1. The summed E-state index contributed by atoms with van der Waals surface area (Å²) in [5.74, 6) is 0.871. The predicted octanol–water partition coefficient (Wildman–Crippen LogP) is 1.28. The van der Waals surface area contributed by atoms with Gasteiger partial charge in [-0.2, -0.15) is 0 Å². The maximum absolute atomic E-state index is 12.4. The number of likely N-dealkylation sites (N-methyl/N-ethyl adjacent to an activating group) is 1. The highest BCUT2D eigenvalue weighted by Gasteiger charge is 2.32. The SMILES string of the molecule is COc1ccc(/C=C2/SC(=O)N(CCC(=O)N3CC[NH+](C)CC3)C2=S)cc1. The lowest BCUT2D eigenvalue weighted by molar-refractivity contribution is -0.883. The zero-order valence-electron chi connectivity index (χ0n) is 15.6. The van der Waals surface area contributed by atoms with Gasteiger partial charge in [-0.05, 0) is 35.5 Å². The van der Waals surface area contributed by atoms with E-state index in [1.165, 1.54) is 9.80 Å². The summed E-state index contributed by atoms with van der Waals surface area (Å²) in [7, 11) is 3.76. The monoisotopic (exact) mass is 406 g/mol. The fourth-order valence-corrected chi connectivity index (χ4v) is 4.34. The number of nitrogens with zero attached hydrogens (tertiary/aromatic N) is 2.